The number of carbonyl (C=O) groups excluding carboxylic acids is 1. The number of carbonyl (C=O) groups is 1. The van der Waals surface area contributed by atoms with Crippen molar-refractivity contribution in [3.63, 3.8) is 0 Å². The molecule has 0 aliphatic carbocycles. The average molecular weight is 329 g/mol. The predicted octanol–water partition coefficient (Wildman–Crippen LogP) is 2.45. The summed E-state index contributed by atoms with van der Waals surface area (Å²) in [7, 11) is 1.59. The summed E-state index contributed by atoms with van der Waals surface area (Å²) in [6, 6.07) is 5.74. The lowest BCUT2D eigenvalue weighted by Gasteiger charge is -2.12. The monoisotopic (exact) mass is 329 g/mol. The second-order valence-electron chi connectivity index (χ2n) is 6.06. The minimum Gasteiger partial charge on any atom is -0.496 e. The zero-order valence-corrected chi connectivity index (χ0v) is 14.7. The standard InChI is InChI=1S/C18H23N3O3/c1-10(2)16-20-12(4)15(18(23)21-16)17(22)19-9-13-7-6-11(3)8-14(13)24-5/h6-8,10H,9H2,1-5H3,(H,19,22)(H,20,21,23). The van der Waals surface area contributed by atoms with Gasteiger partial charge < -0.3 is 15.0 Å². The average Bonchev–Trinajstić information content (AvgIpc) is 2.52. The lowest BCUT2D eigenvalue weighted by Crippen LogP contribution is -2.32. The zero-order valence-electron chi connectivity index (χ0n) is 14.7. The molecule has 0 spiro atoms. The molecule has 1 aromatic carbocycles. The molecule has 1 aromatic heterocycles. The van der Waals surface area contributed by atoms with E-state index >= 15 is 0 Å². The molecule has 6 nitrogen and oxygen atoms in total. The SMILES string of the molecule is COc1cc(C)ccc1CNC(=O)c1c(C)nc(C(C)C)[nH]c1=O. The van der Waals surface area contributed by atoms with Gasteiger partial charge in [0.15, 0.2) is 0 Å². The molecule has 24 heavy (non-hydrogen) atoms. The van der Waals surface area contributed by atoms with Crippen LogP contribution in [-0.2, 0) is 6.54 Å². The Morgan fingerprint density at radius 3 is 2.62 bits per heavy atom. The minimum absolute atomic E-state index is 0.0467. The molecule has 0 saturated carbocycles. The third-order valence-corrected chi connectivity index (χ3v) is 3.77. The van der Waals surface area contributed by atoms with Crippen molar-refractivity contribution in [1.82, 2.24) is 15.3 Å². The van der Waals surface area contributed by atoms with E-state index in [9.17, 15) is 9.59 Å². The van der Waals surface area contributed by atoms with E-state index in [1.165, 1.54) is 0 Å². The van der Waals surface area contributed by atoms with Gasteiger partial charge in [0, 0.05) is 18.0 Å². The summed E-state index contributed by atoms with van der Waals surface area (Å²) >= 11 is 0. The highest BCUT2D eigenvalue weighted by Gasteiger charge is 2.17. The summed E-state index contributed by atoms with van der Waals surface area (Å²) in [4.78, 5) is 31.6. The number of benzene rings is 1. The van der Waals surface area contributed by atoms with Crippen molar-refractivity contribution in [2.75, 3.05) is 7.11 Å². The molecule has 0 fully saturated rings. The first-order valence-corrected chi connectivity index (χ1v) is 7.86. The smallest absolute Gasteiger partial charge is 0.264 e. The van der Waals surface area contributed by atoms with Gasteiger partial charge in [-0.2, -0.15) is 0 Å². The van der Waals surface area contributed by atoms with Gasteiger partial charge in [-0.25, -0.2) is 4.98 Å². The Morgan fingerprint density at radius 2 is 2.04 bits per heavy atom. The van der Waals surface area contributed by atoms with Crippen molar-refractivity contribution >= 4 is 5.91 Å². The maximum Gasteiger partial charge on any atom is 0.264 e. The quantitative estimate of drug-likeness (QED) is 0.882. The third kappa shape index (κ3) is 3.82. The van der Waals surface area contributed by atoms with Gasteiger partial charge in [-0.05, 0) is 25.5 Å². The van der Waals surface area contributed by atoms with E-state index in [1.54, 1.807) is 14.0 Å². The number of aromatic nitrogens is 2. The largest absolute Gasteiger partial charge is 0.496 e. The van der Waals surface area contributed by atoms with Crippen LogP contribution in [0.1, 0.15) is 52.8 Å². The minimum atomic E-state index is -0.445. The molecule has 0 aliphatic heterocycles. The fraction of sp³-hybridized carbons (Fsp3) is 0.389. The van der Waals surface area contributed by atoms with Crippen LogP contribution in [0.2, 0.25) is 0 Å². The van der Waals surface area contributed by atoms with Gasteiger partial charge in [-0.15, -0.1) is 0 Å². The highest BCUT2D eigenvalue weighted by Crippen LogP contribution is 2.19. The van der Waals surface area contributed by atoms with Gasteiger partial charge in [-0.1, -0.05) is 26.0 Å². The van der Waals surface area contributed by atoms with Gasteiger partial charge in [0.2, 0.25) is 0 Å². The molecule has 0 bridgehead atoms. The number of H-pyrrole nitrogens is 1. The fourth-order valence-corrected chi connectivity index (χ4v) is 2.41. The third-order valence-electron chi connectivity index (χ3n) is 3.77. The molecule has 0 atom stereocenters. The Kier molecular flexibility index (Phi) is 5.39. The number of methoxy groups -OCH3 is 1. The summed E-state index contributed by atoms with van der Waals surface area (Å²) in [6.45, 7) is 7.77. The molecule has 2 N–H and O–H groups in total. The first-order chi connectivity index (χ1) is 11.3. The lowest BCUT2D eigenvalue weighted by atomic mass is 10.1. The number of amides is 1. The molecular formula is C18H23N3O3. The van der Waals surface area contributed by atoms with E-state index in [0.29, 0.717) is 17.3 Å². The van der Waals surface area contributed by atoms with Crippen molar-refractivity contribution in [2.24, 2.45) is 0 Å². The van der Waals surface area contributed by atoms with Crippen molar-refractivity contribution in [2.45, 2.75) is 40.2 Å². The molecule has 2 aromatic rings. The Morgan fingerprint density at radius 1 is 1.33 bits per heavy atom. The number of aryl methyl sites for hydroxylation is 2. The summed E-state index contributed by atoms with van der Waals surface area (Å²) < 4.78 is 5.32. The van der Waals surface area contributed by atoms with Gasteiger partial charge in [-0.3, -0.25) is 9.59 Å². The molecule has 2 rings (SSSR count). The first kappa shape index (κ1) is 17.7. The highest BCUT2D eigenvalue weighted by atomic mass is 16.5. The molecule has 0 radical (unpaired) electrons. The van der Waals surface area contributed by atoms with Crippen molar-refractivity contribution in [1.29, 1.82) is 0 Å². The molecule has 1 amide bonds. The van der Waals surface area contributed by atoms with Crippen LogP contribution in [0.3, 0.4) is 0 Å². The molecule has 0 aliphatic rings. The van der Waals surface area contributed by atoms with Crippen LogP contribution in [-0.4, -0.2) is 23.0 Å². The van der Waals surface area contributed by atoms with E-state index in [2.05, 4.69) is 15.3 Å². The Hall–Kier alpha value is -2.63. The second-order valence-corrected chi connectivity index (χ2v) is 6.06. The zero-order chi connectivity index (χ0) is 17.9. The summed E-state index contributed by atoms with van der Waals surface area (Å²) in [6.07, 6.45) is 0. The number of rotatable bonds is 5. The molecule has 0 saturated heterocycles. The summed E-state index contributed by atoms with van der Waals surface area (Å²) in [5.74, 6) is 0.924. The summed E-state index contributed by atoms with van der Waals surface area (Å²) in [5.41, 5.74) is 1.97. The summed E-state index contributed by atoms with van der Waals surface area (Å²) in [5, 5.41) is 2.76. The maximum atomic E-state index is 12.4. The van der Waals surface area contributed by atoms with Crippen LogP contribution in [0, 0.1) is 13.8 Å². The predicted molar refractivity (Wildman–Crippen MR) is 92.6 cm³/mol. The van der Waals surface area contributed by atoms with Crippen LogP contribution in [0.25, 0.3) is 0 Å². The van der Waals surface area contributed by atoms with Crippen LogP contribution in [0.15, 0.2) is 23.0 Å². The topological polar surface area (TPSA) is 84.1 Å². The molecular weight excluding hydrogens is 306 g/mol. The maximum absolute atomic E-state index is 12.4. The van der Waals surface area contributed by atoms with Crippen molar-refractivity contribution < 1.29 is 9.53 Å². The molecule has 0 unspecified atom stereocenters. The van der Waals surface area contributed by atoms with Crippen LogP contribution < -0.4 is 15.6 Å². The molecule has 6 heteroatoms. The number of ether oxygens (including phenoxy) is 1. The van der Waals surface area contributed by atoms with Crippen LogP contribution in [0.4, 0.5) is 0 Å². The van der Waals surface area contributed by atoms with Gasteiger partial charge in [0.1, 0.15) is 17.1 Å². The van der Waals surface area contributed by atoms with E-state index in [-0.39, 0.29) is 18.0 Å². The van der Waals surface area contributed by atoms with Crippen LogP contribution >= 0.6 is 0 Å². The van der Waals surface area contributed by atoms with Crippen molar-refractivity contribution in [3.05, 3.63) is 56.8 Å². The Balaban J connectivity index is 2.21. The van der Waals surface area contributed by atoms with Crippen molar-refractivity contribution in [3.8, 4) is 5.75 Å². The number of nitrogens with zero attached hydrogens (tertiary/aromatic N) is 1. The number of aromatic amines is 1. The lowest BCUT2D eigenvalue weighted by molar-refractivity contribution is 0.0948. The van der Waals surface area contributed by atoms with E-state index in [0.717, 1.165) is 11.1 Å². The molecule has 1 heterocycles. The number of hydrogen-bond acceptors (Lipinski definition) is 4. The fourth-order valence-electron chi connectivity index (χ4n) is 2.41. The Labute approximate surface area is 141 Å². The second kappa shape index (κ2) is 7.29. The van der Waals surface area contributed by atoms with Gasteiger partial charge >= 0.3 is 0 Å². The number of nitrogens with one attached hydrogen (secondary N) is 2. The number of hydrogen-bond donors (Lipinski definition) is 2. The molecule has 128 valence electrons. The van der Waals surface area contributed by atoms with E-state index < -0.39 is 11.5 Å². The van der Waals surface area contributed by atoms with Crippen LogP contribution in [0.5, 0.6) is 5.75 Å². The van der Waals surface area contributed by atoms with Gasteiger partial charge in [0.05, 0.1) is 12.8 Å². The first-order valence-electron chi connectivity index (χ1n) is 7.86. The normalized spacial score (nSPS) is 10.8. The van der Waals surface area contributed by atoms with Gasteiger partial charge in [0.25, 0.3) is 11.5 Å². The van der Waals surface area contributed by atoms with E-state index in [1.807, 2.05) is 39.0 Å². The van der Waals surface area contributed by atoms with E-state index in [4.69, 9.17) is 4.74 Å². The highest BCUT2D eigenvalue weighted by molar-refractivity contribution is 5.94. The Bertz CT molecular complexity index is 810.